The molecular formula is C26H33ClN4O4. The summed E-state index contributed by atoms with van der Waals surface area (Å²) in [6.45, 7) is 8.69. The minimum atomic E-state index is -0.819. The molecule has 35 heavy (non-hydrogen) atoms. The molecule has 188 valence electrons. The van der Waals surface area contributed by atoms with Crippen LogP contribution in [0.2, 0.25) is 0 Å². The third-order valence-electron chi connectivity index (χ3n) is 5.81. The maximum atomic E-state index is 12.3. The Morgan fingerprint density at radius 1 is 1.20 bits per heavy atom. The van der Waals surface area contributed by atoms with Crippen LogP contribution in [0.3, 0.4) is 0 Å². The molecule has 1 aromatic carbocycles. The number of rotatable bonds is 10. The van der Waals surface area contributed by atoms with E-state index in [-0.39, 0.29) is 18.7 Å². The molecule has 8 nitrogen and oxygen atoms in total. The van der Waals surface area contributed by atoms with Gasteiger partial charge >= 0.3 is 5.97 Å². The van der Waals surface area contributed by atoms with E-state index in [1.807, 2.05) is 13.8 Å². The number of hydrogen-bond acceptors (Lipinski definition) is 8. The Morgan fingerprint density at radius 3 is 2.46 bits per heavy atom. The average Bonchev–Trinajstić information content (AvgIpc) is 3.19. The van der Waals surface area contributed by atoms with Crippen molar-refractivity contribution >= 4 is 22.8 Å². The minimum absolute atomic E-state index is 0.127. The lowest BCUT2D eigenvalue weighted by Gasteiger charge is -2.23. The fraction of sp³-hybridized carbons (Fsp3) is 0.423. The molecule has 0 radical (unpaired) electrons. The largest absolute Gasteiger partial charge is 0.466 e. The van der Waals surface area contributed by atoms with E-state index >= 15 is 0 Å². The van der Waals surface area contributed by atoms with Crippen molar-refractivity contribution in [2.75, 3.05) is 13.7 Å². The van der Waals surface area contributed by atoms with Crippen molar-refractivity contribution in [1.29, 1.82) is 0 Å². The van der Waals surface area contributed by atoms with Crippen LogP contribution in [0.4, 0.5) is 0 Å². The Kier molecular flexibility index (Phi) is 9.02. The first kappa shape index (κ1) is 26.8. The Bertz CT molecular complexity index is 1120. The van der Waals surface area contributed by atoms with E-state index in [2.05, 4.69) is 43.5 Å². The number of aromatic nitrogens is 1. The van der Waals surface area contributed by atoms with Crippen molar-refractivity contribution in [3.63, 3.8) is 0 Å². The van der Waals surface area contributed by atoms with Crippen molar-refractivity contribution < 1.29 is 19.1 Å². The lowest BCUT2D eigenvalue weighted by Crippen LogP contribution is -2.40. The molecule has 1 aliphatic heterocycles. The third-order valence-corrected chi connectivity index (χ3v) is 5.93. The Labute approximate surface area is 211 Å². The second-order valence-electron chi connectivity index (χ2n) is 9.02. The maximum Gasteiger partial charge on any atom is 0.339 e. The van der Waals surface area contributed by atoms with E-state index in [4.69, 9.17) is 31.8 Å². The number of pyridine rings is 1. The lowest BCUT2D eigenvalue weighted by molar-refractivity contribution is -0.138. The normalized spacial score (nSPS) is 15.5. The van der Waals surface area contributed by atoms with Crippen LogP contribution in [0.15, 0.2) is 36.0 Å². The molecule has 1 aliphatic rings. The van der Waals surface area contributed by atoms with Gasteiger partial charge in [0.05, 0.1) is 19.3 Å². The number of nitrogens with zero attached hydrogens (tertiary/aromatic N) is 2. The van der Waals surface area contributed by atoms with Gasteiger partial charge in [0, 0.05) is 29.7 Å². The maximum absolute atomic E-state index is 12.3. The van der Waals surface area contributed by atoms with Crippen LogP contribution >= 0.6 is 11.6 Å². The monoisotopic (exact) mass is 500 g/mol. The van der Waals surface area contributed by atoms with E-state index in [0.717, 1.165) is 45.6 Å². The van der Waals surface area contributed by atoms with Gasteiger partial charge in [-0.05, 0) is 54.5 Å². The van der Waals surface area contributed by atoms with E-state index in [1.165, 1.54) is 18.3 Å². The van der Waals surface area contributed by atoms with Gasteiger partial charge in [0.15, 0.2) is 6.23 Å². The van der Waals surface area contributed by atoms with Gasteiger partial charge in [-0.15, -0.1) is 0 Å². The SMILES string of the molecule is COC(=O)C1=CN(CC(=O)Cl)NC1OCc1c(C)nc(CC(C)C)c(CN)c1-c1ccc(C)cc1. The first-order valence-corrected chi connectivity index (χ1v) is 11.9. The van der Waals surface area contributed by atoms with Crippen LogP contribution in [-0.4, -0.2) is 41.1 Å². The molecule has 0 bridgehead atoms. The summed E-state index contributed by atoms with van der Waals surface area (Å²) in [5.41, 5.74) is 16.4. The molecular weight excluding hydrogens is 468 g/mol. The van der Waals surface area contributed by atoms with Crippen LogP contribution in [0.1, 0.15) is 41.9 Å². The summed E-state index contributed by atoms with van der Waals surface area (Å²) >= 11 is 5.52. The number of hydrazine groups is 1. The van der Waals surface area contributed by atoms with Crippen molar-refractivity contribution in [3.05, 3.63) is 64.1 Å². The summed E-state index contributed by atoms with van der Waals surface area (Å²) in [6.07, 6.45) is 1.47. The molecule has 1 aromatic heterocycles. The molecule has 0 aliphatic carbocycles. The van der Waals surface area contributed by atoms with Crippen LogP contribution in [-0.2, 0) is 38.6 Å². The quantitative estimate of drug-likeness (QED) is 0.377. The zero-order chi connectivity index (χ0) is 25.7. The molecule has 9 heteroatoms. The fourth-order valence-corrected chi connectivity index (χ4v) is 4.28. The van der Waals surface area contributed by atoms with Crippen LogP contribution < -0.4 is 11.2 Å². The molecule has 0 saturated heterocycles. The van der Waals surface area contributed by atoms with Crippen molar-refractivity contribution in [2.45, 2.75) is 53.5 Å². The van der Waals surface area contributed by atoms with Gasteiger partial charge in [0.2, 0.25) is 5.24 Å². The summed E-state index contributed by atoms with van der Waals surface area (Å²) in [4.78, 5) is 28.6. The number of nitrogens with two attached hydrogens (primary N) is 1. The number of methoxy groups -OCH3 is 1. The van der Waals surface area contributed by atoms with Gasteiger partial charge in [0.1, 0.15) is 6.54 Å². The van der Waals surface area contributed by atoms with E-state index < -0.39 is 17.4 Å². The summed E-state index contributed by atoms with van der Waals surface area (Å²) in [6, 6.07) is 8.28. The summed E-state index contributed by atoms with van der Waals surface area (Å²) in [5, 5.41) is 0.837. The van der Waals surface area contributed by atoms with Crippen molar-refractivity contribution in [2.24, 2.45) is 11.7 Å². The summed E-state index contributed by atoms with van der Waals surface area (Å²) < 4.78 is 11.1. The third kappa shape index (κ3) is 6.46. The Hall–Kier alpha value is -2.78. The molecule has 0 fully saturated rings. The second-order valence-corrected chi connectivity index (χ2v) is 9.44. The molecule has 2 heterocycles. The van der Waals surface area contributed by atoms with Gasteiger partial charge in [-0.1, -0.05) is 43.7 Å². The molecule has 1 atom stereocenters. The number of benzene rings is 1. The average molecular weight is 501 g/mol. The van der Waals surface area contributed by atoms with Gasteiger partial charge < -0.3 is 20.2 Å². The highest BCUT2D eigenvalue weighted by Crippen LogP contribution is 2.33. The first-order chi connectivity index (χ1) is 16.6. The van der Waals surface area contributed by atoms with Gasteiger partial charge in [0.25, 0.3) is 0 Å². The number of aryl methyl sites for hydroxylation is 2. The van der Waals surface area contributed by atoms with Crippen molar-refractivity contribution in [3.8, 4) is 11.1 Å². The van der Waals surface area contributed by atoms with Crippen molar-refractivity contribution in [1.82, 2.24) is 15.4 Å². The molecule has 1 unspecified atom stereocenters. The number of halogens is 1. The van der Waals surface area contributed by atoms with Crippen LogP contribution in [0, 0.1) is 19.8 Å². The zero-order valence-corrected chi connectivity index (χ0v) is 21.6. The topological polar surface area (TPSA) is 107 Å². The summed E-state index contributed by atoms with van der Waals surface area (Å²) in [7, 11) is 1.29. The highest BCUT2D eigenvalue weighted by Gasteiger charge is 2.32. The number of ether oxygens (including phenoxy) is 2. The lowest BCUT2D eigenvalue weighted by atomic mass is 9.90. The highest BCUT2D eigenvalue weighted by atomic mass is 35.5. The smallest absolute Gasteiger partial charge is 0.339 e. The zero-order valence-electron chi connectivity index (χ0n) is 20.9. The molecule has 2 aromatic rings. The molecule has 0 spiro atoms. The Morgan fingerprint density at radius 2 is 1.89 bits per heavy atom. The van der Waals surface area contributed by atoms with Gasteiger partial charge in [-0.2, -0.15) is 0 Å². The molecule has 3 rings (SSSR count). The van der Waals surface area contributed by atoms with E-state index in [0.29, 0.717) is 12.5 Å². The number of carbonyl (C=O) groups is 2. The van der Waals surface area contributed by atoms with Gasteiger partial charge in [-0.3, -0.25) is 9.78 Å². The minimum Gasteiger partial charge on any atom is -0.466 e. The summed E-state index contributed by atoms with van der Waals surface area (Å²) in [5.74, 6) is -0.137. The van der Waals surface area contributed by atoms with Crippen LogP contribution in [0.5, 0.6) is 0 Å². The Balaban J connectivity index is 2.01. The van der Waals surface area contributed by atoms with E-state index in [9.17, 15) is 9.59 Å². The van der Waals surface area contributed by atoms with E-state index in [1.54, 1.807) is 0 Å². The second kappa shape index (κ2) is 11.8. The standard InChI is InChI=1S/C26H33ClN4O4/c1-15(2)10-22-19(11-28)24(18-8-6-16(3)7-9-18)21(17(4)29-22)14-35-25-20(26(33)34-5)12-31(30-25)13-23(27)32/h6-9,12,15,25,30H,10-11,13-14,28H2,1-5H3. The molecule has 3 N–H and O–H groups in total. The highest BCUT2D eigenvalue weighted by molar-refractivity contribution is 6.64. The fourth-order valence-electron chi connectivity index (χ4n) is 4.15. The molecule has 0 amide bonds. The van der Waals surface area contributed by atoms with Crippen LogP contribution in [0.25, 0.3) is 11.1 Å². The first-order valence-electron chi connectivity index (χ1n) is 11.6. The number of esters is 1. The predicted molar refractivity (Wildman–Crippen MR) is 135 cm³/mol. The molecule has 0 saturated carbocycles. The number of hydrogen-bond donors (Lipinski definition) is 2. The van der Waals surface area contributed by atoms with Gasteiger partial charge in [-0.25, -0.2) is 10.2 Å². The number of nitrogens with one attached hydrogen (secondary N) is 1. The number of carbonyl (C=O) groups excluding carboxylic acids is 2. The predicted octanol–water partition coefficient (Wildman–Crippen LogP) is 3.51.